The summed E-state index contributed by atoms with van der Waals surface area (Å²) in [5.74, 6) is 2.25. The van der Waals surface area contributed by atoms with Crippen LogP contribution in [0.2, 0.25) is 0 Å². The number of pyridine rings is 1. The van der Waals surface area contributed by atoms with Crippen molar-refractivity contribution in [3.63, 3.8) is 0 Å². The van der Waals surface area contributed by atoms with Crippen molar-refractivity contribution < 1.29 is 9.47 Å². The van der Waals surface area contributed by atoms with E-state index in [-0.39, 0.29) is 0 Å². The van der Waals surface area contributed by atoms with Crippen LogP contribution in [0.3, 0.4) is 0 Å². The van der Waals surface area contributed by atoms with E-state index in [4.69, 9.17) is 9.47 Å². The third-order valence-electron chi connectivity index (χ3n) is 3.15. The molecule has 2 aromatic heterocycles. The minimum Gasteiger partial charge on any atom is -0.493 e. The monoisotopic (exact) mass is 332 g/mol. The van der Waals surface area contributed by atoms with Gasteiger partial charge in [-0.2, -0.15) is 0 Å². The first-order valence-corrected chi connectivity index (χ1v) is 6.89. The molecule has 2 heterocycles. The van der Waals surface area contributed by atoms with E-state index in [0.29, 0.717) is 11.5 Å². The van der Waals surface area contributed by atoms with E-state index >= 15 is 0 Å². The van der Waals surface area contributed by atoms with Crippen LogP contribution in [-0.2, 0) is 0 Å². The van der Waals surface area contributed by atoms with Gasteiger partial charge in [-0.1, -0.05) is 6.07 Å². The van der Waals surface area contributed by atoms with Gasteiger partial charge in [0, 0.05) is 11.8 Å². The summed E-state index contributed by atoms with van der Waals surface area (Å²) in [6.07, 6.45) is 1.99. The Morgan fingerprint density at radius 3 is 2.60 bits per heavy atom. The summed E-state index contributed by atoms with van der Waals surface area (Å²) in [5.41, 5.74) is 1.99. The number of nitrogens with zero attached hydrogens (tertiary/aromatic N) is 2. The molecule has 0 saturated heterocycles. The zero-order chi connectivity index (χ0) is 14.1. The fourth-order valence-electron chi connectivity index (χ4n) is 2.18. The standard InChI is InChI=1S/C15H13BrN2O2/c1-19-12-7-6-10(9-13(12)20-2)15-17-14(16)11-5-3-4-8-18(11)15/h3-9H,1-2H3. The maximum atomic E-state index is 5.34. The second-order valence-corrected chi connectivity index (χ2v) is 5.00. The van der Waals surface area contributed by atoms with Crippen LogP contribution >= 0.6 is 15.9 Å². The Kier molecular flexibility index (Phi) is 3.36. The SMILES string of the molecule is COc1ccc(-c2nc(Br)c3ccccn23)cc1OC. The van der Waals surface area contributed by atoms with Gasteiger partial charge in [0.2, 0.25) is 0 Å². The number of hydrogen-bond acceptors (Lipinski definition) is 3. The molecule has 0 aliphatic rings. The van der Waals surface area contributed by atoms with Crippen molar-refractivity contribution in [3.8, 4) is 22.9 Å². The van der Waals surface area contributed by atoms with Crippen LogP contribution in [0.1, 0.15) is 0 Å². The van der Waals surface area contributed by atoms with Gasteiger partial charge in [-0.25, -0.2) is 4.98 Å². The number of aromatic nitrogens is 2. The van der Waals surface area contributed by atoms with Crippen LogP contribution in [0, 0.1) is 0 Å². The summed E-state index contributed by atoms with van der Waals surface area (Å²) >= 11 is 3.49. The molecule has 0 atom stereocenters. The van der Waals surface area contributed by atoms with Gasteiger partial charge in [0.1, 0.15) is 10.4 Å². The predicted molar refractivity (Wildman–Crippen MR) is 81.4 cm³/mol. The van der Waals surface area contributed by atoms with Crippen LogP contribution in [0.25, 0.3) is 16.9 Å². The van der Waals surface area contributed by atoms with Gasteiger partial charge in [-0.15, -0.1) is 0 Å². The van der Waals surface area contributed by atoms with Crippen molar-refractivity contribution in [3.05, 3.63) is 47.2 Å². The first-order chi connectivity index (χ1) is 9.74. The fourth-order valence-corrected chi connectivity index (χ4v) is 2.67. The number of benzene rings is 1. The highest BCUT2D eigenvalue weighted by molar-refractivity contribution is 9.10. The third-order valence-corrected chi connectivity index (χ3v) is 3.73. The minimum absolute atomic E-state index is 0.689. The first-order valence-electron chi connectivity index (χ1n) is 6.09. The molecule has 0 radical (unpaired) electrons. The summed E-state index contributed by atoms with van der Waals surface area (Å²) < 4.78 is 13.5. The largest absolute Gasteiger partial charge is 0.493 e. The van der Waals surface area contributed by atoms with Crippen molar-refractivity contribution in [1.82, 2.24) is 9.38 Å². The molecule has 0 N–H and O–H groups in total. The molecule has 20 heavy (non-hydrogen) atoms. The van der Waals surface area contributed by atoms with Gasteiger partial charge in [-0.3, -0.25) is 4.40 Å². The van der Waals surface area contributed by atoms with Gasteiger partial charge in [0.25, 0.3) is 0 Å². The van der Waals surface area contributed by atoms with Crippen molar-refractivity contribution in [2.24, 2.45) is 0 Å². The van der Waals surface area contributed by atoms with Crippen LogP contribution in [0.5, 0.6) is 11.5 Å². The lowest BCUT2D eigenvalue weighted by Gasteiger charge is -2.09. The van der Waals surface area contributed by atoms with E-state index < -0.39 is 0 Å². The van der Waals surface area contributed by atoms with Crippen molar-refractivity contribution in [1.29, 1.82) is 0 Å². The Hall–Kier alpha value is -2.01. The van der Waals surface area contributed by atoms with E-state index in [1.54, 1.807) is 14.2 Å². The van der Waals surface area contributed by atoms with Gasteiger partial charge >= 0.3 is 0 Å². The molecule has 0 bridgehead atoms. The van der Waals surface area contributed by atoms with Gasteiger partial charge in [-0.05, 0) is 46.3 Å². The van der Waals surface area contributed by atoms with Crippen LogP contribution in [-0.4, -0.2) is 23.6 Å². The smallest absolute Gasteiger partial charge is 0.161 e. The molecule has 0 amide bonds. The van der Waals surface area contributed by atoms with E-state index in [1.807, 2.05) is 47.0 Å². The summed E-state index contributed by atoms with van der Waals surface area (Å²) in [6, 6.07) is 11.8. The molecule has 0 unspecified atom stereocenters. The van der Waals surface area contributed by atoms with E-state index in [9.17, 15) is 0 Å². The zero-order valence-electron chi connectivity index (χ0n) is 11.1. The molecule has 0 spiro atoms. The molecule has 4 nitrogen and oxygen atoms in total. The fraction of sp³-hybridized carbons (Fsp3) is 0.133. The number of rotatable bonds is 3. The molecule has 0 aliphatic carbocycles. The van der Waals surface area contributed by atoms with Gasteiger partial charge in [0.15, 0.2) is 11.5 Å². The van der Waals surface area contributed by atoms with E-state index in [2.05, 4.69) is 20.9 Å². The average Bonchev–Trinajstić information content (AvgIpc) is 2.84. The van der Waals surface area contributed by atoms with Crippen LogP contribution in [0.15, 0.2) is 47.2 Å². The predicted octanol–water partition coefficient (Wildman–Crippen LogP) is 3.78. The molecule has 5 heteroatoms. The Bertz CT molecular complexity index is 768. The summed E-state index contributed by atoms with van der Waals surface area (Å²) in [6.45, 7) is 0. The number of imidazole rings is 1. The summed E-state index contributed by atoms with van der Waals surface area (Å²) in [4.78, 5) is 4.57. The molecule has 3 aromatic rings. The van der Waals surface area contributed by atoms with Gasteiger partial charge in [0.05, 0.1) is 19.7 Å². The van der Waals surface area contributed by atoms with Crippen LogP contribution in [0.4, 0.5) is 0 Å². The number of ether oxygens (including phenoxy) is 2. The van der Waals surface area contributed by atoms with Crippen molar-refractivity contribution >= 4 is 21.4 Å². The Balaban J connectivity index is 2.21. The highest BCUT2D eigenvalue weighted by Gasteiger charge is 2.13. The Morgan fingerprint density at radius 1 is 1.05 bits per heavy atom. The lowest BCUT2D eigenvalue weighted by Crippen LogP contribution is -1.93. The molecule has 0 saturated carbocycles. The maximum Gasteiger partial charge on any atom is 0.161 e. The highest BCUT2D eigenvalue weighted by atomic mass is 79.9. The van der Waals surface area contributed by atoms with E-state index in [0.717, 1.165) is 21.5 Å². The second-order valence-electron chi connectivity index (χ2n) is 4.25. The minimum atomic E-state index is 0.689. The summed E-state index contributed by atoms with van der Waals surface area (Å²) in [5, 5.41) is 0. The lowest BCUT2D eigenvalue weighted by molar-refractivity contribution is 0.355. The summed E-state index contributed by atoms with van der Waals surface area (Å²) in [7, 11) is 3.25. The maximum absolute atomic E-state index is 5.34. The number of methoxy groups -OCH3 is 2. The molecule has 0 fully saturated rings. The topological polar surface area (TPSA) is 35.8 Å². The Morgan fingerprint density at radius 2 is 1.85 bits per heavy atom. The first kappa shape index (κ1) is 13.0. The van der Waals surface area contributed by atoms with Crippen molar-refractivity contribution in [2.45, 2.75) is 0 Å². The average molecular weight is 333 g/mol. The third kappa shape index (κ3) is 2.04. The van der Waals surface area contributed by atoms with E-state index in [1.165, 1.54) is 0 Å². The second kappa shape index (κ2) is 5.17. The molecule has 3 rings (SSSR count). The normalized spacial score (nSPS) is 10.8. The van der Waals surface area contributed by atoms with Crippen molar-refractivity contribution in [2.75, 3.05) is 14.2 Å². The number of hydrogen-bond donors (Lipinski definition) is 0. The lowest BCUT2D eigenvalue weighted by atomic mass is 10.2. The number of halogens is 1. The molecule has 102 valence electrons. The zero-order valence-corrected chi connectivity index (χ0v) is 12.7. The molecular weight excluding hydrogens is 320 g/mol. The Labute approximate surface area is 125 Å². The molecule has 0 aliphatic heterocycles. The highest BCUT2D eigenvalue weighted by Crippen LogP contribution is 2.33. The number of fused-ring (bicyclic) bond motifs is 1. The van der Waals surface area contributed by atoms with Crippen LogP contribution < -0.4 is 9.47 Å². The van der Waals surface area contributed by atoms with Gasteiger partial charge < -0.3 is 9.47 Å². The molecular formula is C15H13BrN2O2. The molecule has 1 aromatic carbocycles. The quantitative estimate of drug-likeness (QED) is 0.732.